The smallest absolute Gasteiger partial charge is 0.223 e. The molecule has 0 atom stereocenters. The lowest BCUT2D eigenvalue weighted by molar-refractivity contribution is 0.406. The van der Waals surface area contributed by atoms with E-state index in [2.05, 4.69) is 19.9 Å². The molecule has 0 saturated heterocycles. The summed E-state index contributed by atoms with van der Waals surface area (Å²) < 4.78 is 7.27. The Morgan fingerprint density at radius 3 is 2.86 bits per heavy atom. The monoisotopic (exact) mass is 320 g/mol. The maximum atomic E-state index is 6.04. The standard InChI is InChI=1S/C14H15ClN6O/c1-7-4-17-9(8(2)11(7)22-3)5-21-6-18-10-12(15)19-14(16)20-13(10)21/h4,6H,5H2,1-3H3,(H2,16,19,20)/i6+2. The highest BCUT2D eigenvalue weighted by Gasteiger charge is 2.14. The Morgan fingerprint density at radius 1 is 1.36 bits per heavy atom. The highest BCUT2D eigenvalue weighted by molar-refractivity contribution is 6.33. The van der Waals surface area contributed by atoms with Crippen molar-refractivity contribution < 1.29 is 4.74 Å². The number of ether oxygens (including phenoxy) is 1. The number of fused-ring (bicyclic) bond motifs is 1. The number of halogens is 1. The predicted octanol–water partition coefficient (Wildman–Crippen LogP) is 2.13. The normalized spacial score (nSPS) is 11.1. The van der Waals surface area contributed by atoms with Crippen LogP contribution in [0.3, 0.4) is 0 Å². The van der Waals surface area contributed by atoms with Crippen molar-refractivity contribution in [2.24, 2.45) is 0 Å². The van der Waals surface area contributed by atoms with Crippen LogP contribution in [0.5, 0.6) is 5.75 Å². The highest BCUT2D eigenvalue weighted by atomic mass is 35.5. The number of hydrogen-bond acceptors (Lipinski definition) is 6. The Morgan fingerprint density at radius 2 is 2.14 bits per heavy atom. The van der Waals surface area contributed by atoms with Gasteiger partial charge in [0.05, 0.1) is 25.7 Å². The summed E-state index contributed by atoms with van der Waals surface area (Å²) in [5, 5.41) is 0.243. The zero-order valence-electron chi connectivity index (χ0n) is 12.5. The van der Waals surface area contributed by atoms with Crippen LogP contribution < -0.4 is 10.5 Å². The third-order valence-electron chi connectivity index (χ3n) is 3.51. The van der Waals surface area contributed by atoms with Crippen LogP contribution in [0, 0.1) is 13.8 Å². The number of methoxy groups -OCH3 is 1. The van der Waals surface area contributed by atoms with E-state index in [1.54, 1.807) is 19.6 Å². The number of aromatic nitrogens is 5. The molecule has 0 unspecified atom stereocenters. The van der Waals surface area contributed by atoms with Crippen molar-refractivity contribution in [3.05, 3.63) is 34.5 Å². The molecule has 0 aliphatic rings. The number of rotatable bonds is 3. The Hall–Kier alpha value is -2.41. The molecule has 3 heterocycles. The third-order valence-corrected chi connectivity index (χ3v) is 3.77. The van der Waals surface area contributed by atoms with Crippen molar-refractivity contribution in [3.8, 4) is 5.75 Å². The van der Waals surface area contributed by atoms with Crippen molar-refractivity contribution in [3.63, 3.8) is 0 Å². The maximum absolute atomic E-state index is 6.04. The highest BCUT2D eigenvalue weighted by Crippen LogP contribution is 2.26. The number of nitrogen functional groups attached to an aromatic ring is 1. The number of nitrogens with two attached hydrogens (primary N) is 1. The second-order valence-electron chi connectivity index (χ2n) is 4.96. The van der Waals surface area contributed by atoms with Crippen LogP contribution in [-0.2, 0) is 6.54 Å². The molecule has 114 valence electrons. The predicted molar refractivity (Wildman–Crippen MR) is 84.1 cm³/mol. The molecule has 0 bridgehead atoms. The van der Waals surface area contributed by atoms with Gasteiger partial charge in [-0.3, -0.25) is 4.98 Å². The molecule has 0 saturated carbocycles. The first-order chi connectivity index (χ1) is 10.5. The zero-order valence-corrected chi connectivity index (χ0v) is 13.2. The molecular formula is C14H15ClN6O. The topological polar surface area (TPSA) is 91.7 Å². The summed E-state index contributed by atoms with van der Waals surface area (Å²) in [5.74, 6) is 0.951. The maximum Gasteiger partial charge on any atom is 0.223 e. The first-order valence-corrected chi connectivity index (χ1v) is 7.02. The third kappa shape index (κ3) is 2.33. The van der Waals surface area contributed by atoms with E-state index in [4.69, 9.17) is 22.1 Å². The molecule has 0 fully saturated rings. The summed E-state index contributed by atoms with van der Waals surface area (Å²) in [4.78, 5) is 16.8. The van der Waals surface area contributed by atoms with Crippen LogP contribution in [0.1, 0.15) is 16.8 Å². The van der Waals surface area contributed by atoms with Crippen LogP contribution in [0.2, 0.25) is 5.15 Å². The minimum absolute atomic E-state index is 0.116. The Kier molecular flexibility index (Phi) is 3.58. The van der Waals surface area contributed by atoms with E-state index in [-0.39, 0.29) is 11.1 Å². The van der Waals surface area contributed by atoms with Crippen molar-refractivity contribution in [1.82, 2.24) is 24.5 Å². The van der Waals surface area contributed by atoms with Gasteiger partial charge in [-0.05, 0) is 13.8 Å². The molecule has 0 amide bonds. The van der Waals surface area contributed by atoms with E-state index in [1.165, 1.54) is 0 Å². The minimum Gasteiger partial charge on any atom is -0.496 e. The van der Waals surface area contributed by atoms with Gasteiger partial charge in [0.25, 0.3) is 0 Å². The molecule has 0 aliphatic heterocycles. The number of nitrogens with zero attached hydrogens (tertiary/aromatic N) is 5. The second kappa shape index (κ2) is 5.42. The summed E-state index contributed by atoms with van der Waals surface area (Å²) in [6, 6.07) is 0. The first kappa shape index (κ1) is 14.5. The van der Waals surface area contributed by atoms with Gasteiger partial charge in [-0.1, -0.05) is 11.6 Å². The molecule has 0 spiro atoms. The van der Waals surface area contributed by atoms with Gasteiger partial charge in [-0.15, -0.1) is 0 Å². The molecule has 0 aromatic carbocycles. The van der Waals surface area contributed by atoms with Crippen LogP contribution >= 0.6 is 11.6 Å². The number of hydrogen-bond donors (Lipinski definition) is 1. The fourth-order valence-corrected chi connectivity index (χ4v) is 2.65. The molecule has 7 nitrogen and oxygen atoms in total. The number of aryl methyl sites for hydroxylation is 1. The summed E-state index contributed by atoms with van der Waals surface area (Å²) in [7, 11) is 1.65. The largest absolute Gasteiger partial charge is 0.496 e. The second-order valence-corrected chi connectivity index (χ2v) is 5.32. The van der Waals surface area contributed by atoms with E-state index in [9.17, 15) is 0 Å². The SMILES string of the molecule is COc1c(C)cnc(Cn2[14cH]nc3c(Cl)nc(N)nc32)c1C. The molecule has 22 heavy (non-hydrogen) atoms. The van der Waals surface area contributed by atoms with E-state index in [0.29, 0.717) is 17.7 Å². The van der Waals surface area contributed by atoms with Gasteiger partial charge in [-0.25, -0.2) is 4.98 Å². The van der Waals surface area contributed by atoms with Gasteiger partial charge < -0.3 is 15.0 Å². The van der Waals surface area contributed by atoms with Gasteiger partial charge in [0.1, 0.15) is 11.3 Å². The van der Waals surface area contributed by atoms with Crippen LogP contribution in [0.25, 0.3) is 11.2 Å². The van der Waals surface area contributed by atoms with Gasteiger partial charge >= 0.3 is 0 Å². The lowest BCUT2D eigenvalue weighted by atomic mass is 10.1. The Balaban J connectivity index is 2.08. The number of pyridine rings is 1. The van der Waals surface area contributed by atoms with E-state index >= 15 is 0 Å². The molecule has 8 heteroatoms. The molecule has 2 N–H and O–H groups in total. The molecule has 0 aliphatic carbocycles. The van der Waals surface area contributed by atoms with E-state index < -0.39 is 0 Å². The first-order valence-electron chi connectivity index (χ1n) is 6.64. The number of imidazole rings is 1. The Labute approximate surface area is 132 Å². The van der Waals surface area contributed by atoms with Crippen molar-refractivity contribution in [2.75, 3.05) is 12.8 Å². The van der Waals surface area contributed by atoms with Gasteiger partial charge in [0, 0.05) is 17.3 Å². The van der Waals surface area contributed by atoms with Crippen LogP contribution in [-0.4, -0.2) is 31.6 Å². The van der Waals surface area contributed by atoms with Crippen molar-refractivity contribution in [2.45, 2.75) is 20.4 Å². The lowest BCUT2D eigenvalue weighted by Gasteiger charge is -2.12. The molecule has 0 radical (unpaired) electrons. The minimum atomic E-state index is 0.116. The summed E-state index contributed by atoms with van der Waals surface area (Å²) >= 11 is 6.04. The van der Waals surface area contributed by atoms with Gasteiger partial charge in [0.2, 0.25) is 5.95 Å². The van der Waals surface area contributed by atoms with Gasteiger partial charge in [0.15, 0.2) is 10.8 Å². The number of anilines is 1. The molecule has 3 rings (SSSR count). The average molecular weight is 321 g/mol. The summed E-state index contributed by atoms with van der Waals surface area (Å²) in [5.41, 5.74) is 9.61. The van der Waals surface area contributed by atoms with E-state index in [0.717, 1.165) is 22.6 Å². The molecular weight excluding hydrogens is 306 g/mol. The van der Waals surface area contributed by atoms with E-state index in [1.807, 2.05) is 18.4 Å². The zero-order chi connectivity index (χ0) is 15.9. The summed E-state index contributed by atoms with van der Waals surface area (Å²) in [6.07, 6.45) is 3.44. The van der Waals surface area contributed by atoms with Crippen LogP contribution in [0.15, 0.2) is 12.5 Å². The van der Waals surface area contributed by atoms with Crippen molar-refractivity contribution in [1.29, 1.82) is 0 Å². The lowest BCUT2D eigenvalue weighted by Crippen LogP contribution is -2.07. The quantitative estimate of drug-likeness (QED) is 0.743. The van der Waals surface area contributed by atoms with Gasteiger partial charge in [-0.2, -0.15) is 9.97 Å². The molecule has 3 aromatic heterocycles. The summed E-state index contributed by atoms with van der Waals surface area (Å²) in [6.45, 7) is 4.43. The molecule has 3 aromatic rings. The average Bonchev–Trinajstić information content (AvgIpc) is 2.86. The fraction of sp³-hybridized carbons (Fsp3) is 0.286. The van der Waals surface area contributed by atoms with Crippen LogP contribution in [0.4, 0.5) is 5.95 Å². The fourth-order valence-electron chi connectivity index (χ4n) is 2.43. The Bertz CT molecular complexity index is 860. The van der Waals surface area contributed by atoms with Crippen molar-refractivity contribution >= 4 is 28.7 Å².